The zero-order valence-corrected chi connectivity index (χ0v) is 12.7. The summed E-state index contributed by atoms with van der Waals surface area (Å²) < 4.78 is 14.1. The van der Waals surface area contributed by atoms with Crippen LogP contribution < -0.4 is 0 Å². The highest BCUT2D eigenvalue weighted by atomic mass is 19.1. The van der Waals surface area contributed by atoms with Gasteiger partial charge in [-0.2, -0.15) is 5.10 Å². The molecule has 2 aromatic rings. The van der Waals surface area contributed by atoms with Crippen LogP contribution in [0.4, 0.5) is 4.39 Å². The van der Waals surface area contributed by atoms with E-state index in [9.17, 15) is 9.18 Å². The highest BCUT2D eigenvalue weighted by Crippen LogP contribution is 2.34. The number of carbonyl (C=O) groups excluding carboxylic acids is 1. The number of amides is 1. The Morgan fingerprint density at radius 2 is 2.23 bits per heavy atom. The van der Waals surface area contributed by atoms with E-state index in [0.29, 0.717) is 18.5 Å². The Labute approximate surface area is 129 Å². The highest BCUT2D eigenvalue weighted by Gasteiger charge is 2.27. The summed E-state index contributed by atoms with van der Waals surface area (Å²) in [5.41, 5.74) is 2.29. The number of H-pyrrole nitrogens is 1. The van der Waals surface area contributed by atoms with Gasteiger partial charge in [-0.15, -0.1) is 0 Å². The molecule has 1 aromatic heterocycles. The van der Waals surface area contributed by atoms with Gasteiger partial charge >= 0.3 is 0 Å². The molecule has 22 heavy (non-hydrogen) atoms. The van der Waals surface area contributed by atoms with Crippen molar-refractivity contribution in [3.8, 4) is 11.1 Å². The van der Waals surface area contributed by atoms with Gasteiger partial charge in [0.15, 0.2) is 0 Å². The molecule has 2 heterocycles. The molecule has 0 unspecified atom stereocenters. The van der Waals surface area contributed by atoms with Crippen LogP contribution in [0.5, 0.6) is 0 Å². The first-order valence-corrected chi connectivity index (χ1v) is 7.76. The standard InChI is InChI=1S/C17H20FN3O/c1-2-16(22)21-9-5-6-12(11-21)17-14(10-19-20-17)13-7-3-4-8-15(13)18/h3-4,7-8,10,12H,2,5-6,9,11H2,1H3,(H,19,20)/t12-/m0/s1. The normalized spacial score (nSPS) is 18.5. The third kappa shape index (κ3) is 2.75. The molecule has 0 bridgehead atoms. The molecule has 1 aliphatic heterocycles. The monoisotopic (exact) mass is 301 g/mol. The van der Waals surface area contributed by atoms with E-state index < -0.39 is 0 Å². The number of benzene rings is 1. The van der Waals surface area contributed by atoms with E-state index in [2.05, 4.69) is 10.2 Å². The lowest BCUT2D eigenvalue weighted by Gasteiger charge is -2.32. The average Bonchev–Trinajstić information content (AvgIpc) is 3.04. The molecule has 0 radical (unpaired) electrons. The fourth-order valence-corrected chi connectivity index (χ4v) is 3.16. The van der Waals surface area contributed by atoms with Crippen molar-refractivity contribution in [2.45, 2.75) is 32.1 Å². The summed E-state index contributed by atoms with van der Waals surface area (Å²) >= 11 is 0. The lowest BCUT2D eigenvalue weighted by atomic mass is 9.90. The number of nitrogens with one attached hydrogen (secondary N) is 1. The summed E-state index contributed by atoms with van der Waals surface area (Å²) in [5, 5.41) is 7.13. The van der Waals surface area contributed by atoms with Crippen molar-refractivity contribution < 1.29 is 9.18 Å². The van der Waals surface area contributed by atoms with Gasteiger partial charge in [0, 0.05) is 42.2 Å². The van der Waals surface area contributed by atoms with Crippen LogP contribution in [0.2, 0.25) is 0 Å². The van der Waals surface area contributed by atoms with E-state index in [1.807, 2.05) is 17.9 Å². The predicted octanol–water partition coefficient (Wildman–Crippen LogP) is 3.33. The van der Waals surface area contributed by atoms with Gasteiger partial charge in [-0.25, -0.2) is 4.39 Å². The van der Waals surface area contributed by atoms with E-state index in [0.717, 1.165) is 30.6 Å². The number of aromatic amines is 1. The maximum Gasteiger partial charge on any atom is 0.222 e. The molecule has 4 nitrogen and oxygen atoms in total. The molecule has 1 N–H and O–H groups in total. The van der Waals surface area contributed by atoms with E-state index in [1.165, 1.54) is 6.07 Å². The zero-order valence-electron chi connectivity index (χ0n) is 12.7. The van der Waals surface area contributed by atoms with Crippen molar-refractivity contribution in [2.75, 3.05) is 13.1 Å². The third-order valence-corrected chi connectivity index (χ3v) is 4.32. The minimum atomic E-state index is -0.248. The maximum atomic E-state index is 14.1. The van der Waals surface area contributed by atoms with Crippen molar-refractivity contribution in [2.24, 2.45) is 0 Å². The van der Waals surface area contributed by atoms with E-state index >= 15 is 0 Å². The number of hydrogen-bond acceptors (Lipinski definition) is 2. The smallest absolute Gasteiger partial charge is 0.222 e. The fourth-order valence-electron chi connectivity index (χ4n) is 3.16. The molecule has 0 spiro atoms. The molecule has 5 heteroatoms. The second-order valence-electron chi connectivity index (χ2n) is 5.71. The van der Waals surface area contributed by atoms with Crippen LogP contribution in [0.15, 0.2) is 30.5 Å². The summed E-state index contributed by atoms with van der Waals surface area (Å²) in [7, 11) is 0. The van der Waals surface area contributed by atoms with Gasteiger partial charge in [0.05, 0.1) is 6.20 Å². The number of nitrogens with zero attached hydrogens (tertiary/aromatic N) is 2. The number of piperidine rings is 1. The van der Waals surface area contributed by atoms with Crippen LogP contribution in [0.25, 0.3) is 11.1 Å². The first-order valence-electron chi connectivity index (χ1n) is 7.76. The topological polar surface area (TPSA) is 49.0 Å². The number of halogens is 1. The van der Waals surface area contributed by atoms with Gasteiger partial charge in [-0.3, -0.25) is 9.89 Å². The second-order valence-corrected chi connectivity index (χ2v) is 5.71. The maximum absolute atomic E-state index is 14.1. The molecule has 1 saturated heterocycles. The van der Waals surface area contributed by atoms with E-state index in [4.69, 9.17) is 0 Å². The minimum Gasteiger partial charge on any atom is -0.342 e. The molecule has 1 aromatic carbocycles. The Bertz CT molecular complexity index is 667. The highest BCUT2D eigenvalue weighted by molar-refractivity contribution is 5.76. The van der Waals surface area contributed by atoms with Gasteiger partial charge in [0.2, 0.25) is 5.91 Å². The van der Waals surface area contributed by atoms with E-state index in [-0.39, 0.29) is 17.6 Å². The van der Waals surface area contributed by atoms with Crippen molar-refractivity contribution >= 4 is 5.91 Å². The summed E-state index contributed by atoms with van der Waals surface area (Å²) in [6, 6.07) is 6.73. The van der Waals surface area contributed by atoms with Gasteiger partial charge in [-0.05, 0) is 18.9 Å². The molecule has 1 aliphatic rings. The van der Waals surface area contributed by atoms with Crippen molar-refractivity contribution in [1.29, 1.82) is 0 Å². The Morgan fingerprint density at radius 3 is 3.00 bits per heavy atom. The summed E-state index contributed by atoms with van der Waals surface area (Å²) in [6.07, 6.45) is 4.15. The zero-order chi connectivity index (χ0) is 15.5. The number of rotatable bonds is 3. The molecule has 116 valence electrons. The summed E-state index contributed by atoms with van der Waals surface area (Å²) in [6.45, 7) is 3.37. The Kier molecular flexibility index (Phi) is 4.22. The largest absolute Gasteiger partial charge is 0.342 e. The summed E-state index contributed by atoms with van der Waals surface area (Å²) in [4.78, 5) is 13.8. The van der Waals surface area contributed by atoms with Crippen molar-refractivity contribution in [1.82, 2.24) is 15.1 Å². The molecule has 1 amide bonds. The van der Waals surface area contributed by atoms with Crippen LogP contribution in [0, 0.1) is 5.82 Å². The van der Waals surface area contributed by atoms with Gasteiger partial charge in [0.25, 0.3) is 0 Å². The first-order chi connectivity index (χ1) is 10.7. The number of carbonyl (C=O) groups is 1. The van der Waals surface area contributed by atoms with Gasteiger partial charge < -0.3 is 4.90 Å². The van der Waals surface area contributed by atoms with Crippen LogP contribution >= 0.6 is 0 Å². The van der Waals surface area contributed by atoms with Crippen LogP contribution in [-0.2, 0) is 4.79 Å². The van der Waals surface area contributed by atoms with Crippen LogP contribution in [0.1, 0.15) is 37.8 Å². The van der Waals surface area contributed by atoms with Gasteiger partial charge in [0.1, 0.15) is 5.82 Å². The molecule has 0 aliphatic carbocycles. The summed E-state index contributed by atoms with van der Waals surface area (Å²) in [5.74, 6) is 0.112. The predicted molar refractivity (Wildman–Crippen MR) is 82.8 cm³/mol. The molecule has 3 rings (SSSR count). The number of hydrogen-bond donors (Lipinski definition) is 1. The van der Waals surface area contributed by atoms with Crippen molar-refractivity contribution in [3.05, 3.63) is 42.0 Å². The fraction of sp³-hybridized carbons (Fsp3) is 0.412. The SMILES string of the molecule is CCC(=O)N1CCC[C@H](c2[nH]ncc2-c2ccccc2F)C1. The Morgan fingerprint density at radius 1 is 1.41 bits per heavy atom. The lowest BCUT2D eigenvalue weighted by molar-refractivity contribution is -0.132. The van der Waals surface area contributed by atoms with Crippen LogP contribution in [0.3, 0.4) is 0 Å². The molecular weight excluding hydrogens is 281 g/mol. The lowest BCUT2D eigenvalue weighted by Crippen LogP contribution is -2.38. The first kappa shape index (κ1) is 14.8. The number of likely N-dealkylation sites (tertiary alicyclic amines) is 1. The minimum absolute atomic E-state index is 0.177. The third-order valence-electron chi connectivity index (χ3n) is 4.32. The quantitative estimate of drug-likeness (QED) is 0.945. The van der Waals surface area contributed by atoms with Crippen LogP contribution in [-0.4, -0.2) is 34.1 Å². The van der Waals surface area contributed by atoms with E-state index in [1.54, 1.807) is 18.3 Å². The number of aromatic nitrogens is 2. The molecule has 1 atom stereocenters. The molecule has 0 saturated carbocycles. The molecule has 1 fully saturated rings. The Hall–Kier alpha value is -2.17. The van der Waals surface area contributed by atoms with Gasteiger partial charge in [-0.1, -0.05) is 25.1 Å². The van der Waals surface area contributed by atoms with Crippen molar-refractivity contribution in [3.63, 3.8) is 0 Å². The second kappa shape index (κ2) is 6.30. The average molecular weight is 301 g/mol. The molecular formula is C17H20FN3O. The Balaban J connectivity index is 1.89.